The Bertz CT molecular complexity index is 932. The molecule has 0 saturated heterocycles. The van der Waals surface area contributed by atoms with Crippen LogP contribution in [0, 0.1) is 34.3 Å². The molecule has 0 fully saturated rings. The summed E-state index contributed by atoms with van der Waals surface area (Å²) in [6.45, 7) is 0. The molecule has 4 heteroatoms. The molecule has 0 unspecified atom stereocenters. The van der Waals surface area contributed by atoms with Crippen molar-refractivity contribution in [2.24, 2.45) is 0 Å². The highest BCUT2D eigenvalue weighted by molar-refractivity contribution is 5.79. The minimum absolute atomic E-state index is 0.00473. The van der Waals surface area contributed by atoms with Gasteiger partial charge in [0.25, 0.3) is 0 Å². The Morgan fingerprint density at radius 1 is 0.625 bits per heavy atom. The smallest absolute Gasteiger partial charge is 0.139 e. The lowest BCUT2D eigenvalue weighted by Crippen LogP contribution is -1.95. The van der Waals surface area contributed by atoms with Gasteiger partial charge in [-0.15, -0.1) is 0 Å². The Labute approximate surface area is 137 Å². The fourth-order valence-electron chi connectivity index (χ4n) is 2.61. The third-order valence-corrected chi connectivity index (χ3v) is 3.71. The zero-order valence-corrected chi connectivity index (χ0v) is 12.4. The van der Waals surface area contributed by atoms with Crippen LogP contribution in [0.2, 0.25) is 0 Å². The van der Waals surface area contributed by atoms with Gasteiger partial charge in [-0.05, 0) is 24.3 Å². The van der Waals surface area contributed by atoms with Crippen molar-refractivity contribution < 1.29 is 8.78 Å². The van der Waals surface area contributed by atoms with Crippen LogP contribution in [0.3, 0.4) is 0 Å². The van der Waals surface area contributed by atoms with E-state index in [1.807, 2.05) is 12.1 Å². The summed E-state index contributed by atoms with van der Waals surface area (Å²) in [5, 5.41) is 18.4. The molecule has 0 aliphatic rings. The van der Waals surface area contributed by atoms with Crippen LogP contribution in [0.25, 0.3) is 22.3 Å². The zero-order chi connectivity index (χ0) is 17.1. The molecule has 0 N–H and O–H groups in total. The summed E-state index contributed by atoms with van der Waals surface area (Å²) in [4.78, 5) is 0. The van der Waals surface area contributed by atoms with Crippen molar-refractivity contribution >= 4 is 0 Å². The predicted molar refractivity (Wildman–Crippen MR) is 86.7 cm³/mol. The highest BCUT2D eigenvalue weighted by Crippen LogP contribution is 2.34. The Morgan fingerprint density at radius 3 is 1.46 bits per heavy atom. The first-order valence-electron chi connectivity index (χ1n) is 7.13. The molecule has 0 bridgehead atoms. The van der Waals surface area contributed by atoms with Crippen LogP contribution in [0.1, 0.15) is 11.1 Å². The quantitative estimate of drug-likeness (QED) is 0.665. The van der Waals surface area contributed by atoms with E-state index in [1.165, 1.54) is 0 Å². The Morgan fingerprint density at radius 2 is 1.04 bits per heavy atom. The molecule has 0 heterocycles. The SMILES string of the molecule is N#Cc1ccccc1-c1cc(F)cc(-c2ccccc2C#N)c1F. The van der Waals surface area contributed by atoms with Crippen molar-refractivity contribution in [1.82, 2.24) is 0 Å². The van der Waals surface area contributed by atoms with Crippen molar-refractivity contribution in [1.29, 1.82) is 10.5 Å². The molecule has 0 amide bonds. The van der Waals surface area contributed by atoms with Gasteiger partial charge in [-0.25, -0.2) is 8.78 Å². The molecule has 0 spiro atoms. The van der Waals surface area contributed by atoms with Crippen molar-refractivity contribution in [2.75, 3.05) is 0 Å². The van der Waals surface area contributed by atoms with Crippen LogP contribution in [0.15, 0.2) is 60.7 Å². The van der Waals surface area contributed by atoms with Gasteiger partial charge in [-0.2, -0.15) is 10.5 Å². The molecule has 3 rings (SSSR count). The standard InChI is InChI=1S/C20H10F2N2/c21-15-9-18(16-7-3-1-5-13(16)11-23)20(22)19(10-15)17-8-4-2-6-14(17)12-24/h1-10H. The minimum Gasteiger partial charge on any atom is -0.207 e. The fraction of sp³-hybridized carbons (Fsp3) is 0. The summed E-state index contributed by atoms with van der Waals surface area (Å²) in [7, 11) is 0. The molecule has 24 heavy (non-hydrogen) atoms. The number of hydrogen-bond donors (Lipinski definition) is 0. The molecule has 0 aliphatic heterocycles. The molecule has 0 aliphatic carbocycles. The van der Waals surface area contributed by atoms with Gasteiger partial charge in [0.2, 0.25) is 0 Å². The number of nitrogens with zero attached hydrogens (tertiary/aromatic N) is 2. The van der Waals surface area contributed by atoms with Crippen LogP contribution >= 0.6 is 0 Å². The molecule has 114 valence electrons. The van der Waals surface area contributed by atoms with Gasteiger partial charge in [-0.1, -0.05) is 36.4 Å². The van der Waals surface area contributed by atoms with Crippen LogP contribution in [0.5, 0.6) is 0 Å². The van der Waals surface area contributed by atoms with E-state index in [2.05, 4.69) is 0 Å². The van der Waals surface area contributed by atoms with E-state index in [9.17, 15) is 14.9 Å². The van der Waals surface area contributed by atoms with E-state index in [4.69, 9.17) is 0 Å². The van der Waals surface area contributed by atoms with Crippen LogP contribution in [0.4, 0.5) is 8.78 Å². The summed E-state index contributed by atoms with van der Waals surface area (Å²) < 4.78 is 29.2. The lowest BCUT2D eigenvalue weighted by atomic mass is 9.93. The second-order valence-corrected chi connectivity index (χ2v) is 5.13. The lowest BCUT2D eigenvalue weighted by Gasteiger charge is -2.12. The molecular formula is C20H10F2N2. The molecule has 3 aromatic rings. The average molecular weight is 316 g/mol. The van der Waals surface area contributed by atoms with Crippen LogP contribution in [-0.2, 0) is 0 Å². The number of rotatable bonds is 2. The van der Waals surface area contributed by atoms with Gasteiger partial charge in [0.05, 0.1) is 23.3 Å². The van der Waals surface area contributed by atoms with Crippen LogP contribution < -0.4 is 0 Å². The van der Waals surface area contributed by atoms with E-state index >= 15 is 4.39 Å². The maximum absolute atomic E-state index is 15.1. The molecule has 0 atom stereocenters. The van der Waals surface area contributed by atoms with Gasteiger partial charge in [0.15, 0.2) is 0 Å². The maximum Gasteiger partial charge on any atom is 0.139 e. The summed E-state index contributed by atoms with van der Waals surface area (Å²) in [6.07, 6.45) is 0. The van der Waals surface area contributed by atoms with Crippen LogP contribution in [-0.4, -0.2) is 0 Å². The summed E-state index contributed by atoms with van der Waals surface area (Å²) in [5.41, 5.74) is 1.12. The molecular weight excluding hydrogens is 306 g/mol. The normalized spacial score (nSPS) is 10.0. The summed E-state index contributed by atoms with van der Waals surface area (Å²) >= 11 is 0. The lowest BCUT2D eigenvalue weighted by molar-refractivity contribution is 0.606. The highest BCUT2D eigenvalue weighted by atomic mass is 19.1. The topological polar surface area (TPSA) is 47.6 Å². The highest BCUT2D eigenvalue weighted by Gasteiger charge is 2.18. The second kappa shape index (κ2) is 6.32. The molecule has 0 saturated carbocycles. The van der Waals surface area contributed by atoms with Gasteiger partial charge in [0.1, 0.15) is 11.6 Å². The van der Waals surface area contributed by atoms with Gasteiger partial charge in [-0.3, -0.25) is 0 Å². The Hall–Kier alpha value is -3.50. The van der Waals surface area contributed by atoms with E-state index < -0.39 is 11.6 Å². The summed E-state index contributed by atoms with van der Waals surface area (Å²) in [5.74, 6) is -1.30. The van der Waals surface area contributed by atoms with Gasteiger partial charge >= 0.3 is 0 Å². The first kappa shape index (κ1) is 15.4. The number of nitriles is 2. The third kappa shape index (κ3) is 2.62. The largest absolute Gasteiger partial charge is 0.207 e. The van der Waals surface area contributed by atoms with Crippen molar-refractivity contribution in [3.63, 3.8) is 0 Å². The van der Waals surface area contributed by atoms with E-state index in [0.717, 1.165) is 12.1 Å². The first-order chi connectivity index (χ1) is 11.7. The van der Waals surface area contributed by atoms with E-state index in [1.54, 1.807) is 48.5 Å². The molecule has 3 aromatic carbocycles. The molecule has 2 nitrogen and oxygen atoms in total. The maximum atomic E-state index is 15.1. The van der Waals surface area contributed by atoms with Crippen molar-refractivity contribution in [3.8, 4) is 34.4 Å². The van der Waals surface area contributed by atoms with Gasteiger partial charge in [0, 0.05) is 22.3 Å². The third-order valence-electron chi connectivity index (χ3n) is 3.71. The first-order valence-corrected chi connectivity index (χ1v) is 7.13. The van der Waals surface area contributed by atoms with Gasteiger partial charge < -0.3 is 0 Å². The van der Waals surface area contributed by atoms with Crippen molar-refractivity contribution in [2.45, 2.75) is 0 Å². The average Bonchev–Trinajstić information content (AvgIpc) is 2.63. The predicted octanol–water partition coefficient (Wildman–Crippen LogP) is 5.04. The van der Waals surface area contributed by atoms with E-state index in [-0.39, 0.29) is 22.3 Å². The zero-order valence-electron chi connectivity index (χ0n) is 12.4. The Kier molecular flexibility index (Phi) is 4.05. The molecule has 0 radical (unpaired) electrons. The second-order valence-electron chi connectivity index (χ2n) is 5.13. The fourth-order valence-corrected chi connectivity index (χ4v) is 2.61. The number of hydrogen-bond acceptors (Lipinski definition) is 2. The monoisotopic (exact) mass is 316 g/mol. The molecule has 0 aromatic heterocycles. The number of halogens is 2. The summed E-state index contributed by atoms with van der Waals surface area (Å²) in [6, 6.07) is 18.9. The Balaban J connectivity index is 2.31. The van der Waals surface area contributed by atoms with Crippen molar-refractivity contribution in [3.05, 3.63) is 83.4 Å². The number of benzene rings is 3. The minimum atomic E-state index is -0.665. The van der Waals surface area contributed by atoms with E-state index in [0.29, 0.717) is 11.1 Å².